The van der Waals surface area contributed by atoms with E-state index in [0.717, 1.165) is 33.0 Å². The Bertz CT molecular complexity index is 1200. The molecule has 4 aromatic carbocycles. The summed E-state index contributed by atoms with van der Waals surface area (Å²) in [6.45, 7) is 2.55. The first kappa shape index (κ1) is 16.9. The molecule has 0 spiro atoms. The van der Waals surface area contributed by atoms with Crippen molar-refractivity contribution in [1.82, 2.24) is 0 Å². The SMILES string of the molecule is CCOc1ccc2ccccc2c1C=C(C#N)c1ccc2ccccc2c1. The van der Waals surface area contributed by atoms with Gasteiger partial charge in [0.1, 0.15) is 5.75 Å². The molecule has 0 fully saturated rings. The van der Waals surface area contributed by atoms with Crippen LogP contribution < -0.4 is 4.74 Å². The van der Waals surface area contributed by atoms with Gasteiger partial charge in [0.15, 0.2) is 0 Å². The quantitative estimate of drug-likeness (QED) is 0.313. The average Bonchev–Trinajstić information content (AvgIpc) is 2.73. The fourth-order valence-electron chi connectivity index (χ4n) is 3.39. The fraction of sp³-hybridized carbons (Fsp3) is 0.0800. The highest BCUT2D eigenvalue weighted by molar-refractivity contribution is 6.01. The molecule has 0 aliphatic heterocycles. The van der Waals surface area contributed by atoms with Gasteiger partial charge in [0.2, 0.25) is 0 Å². The number of nitrogens with zero attached hydrogens (tertiary/aromatic N) is 1. The Balaban J connectivity index is 1.91. The summed E-state index contributed by atoms with van der Waals surface area (Å²) >= 11 is 0. The topological polar surface area (TPSA) is 33.0 Å². The second-order valence-corrected chi connectivity index (χ2v) is 6.36. The Labute approximate surface area is 158 Å². The van der Waals surface area contributed by atoms with Gasteiger partial charge in [0, 0.05) is 5.56 Å². The van der Waals surface area contributed by atoms with Crippen molar-refractivity contribution in [3.8, 4) is 11.8 Å². The number of fused-ring (bicyclic) bond motifs is 2. The molecule has 2 nitrogen and oxygen atoms in total. The van der Waals surface area contributed by atoms with Gasteiger partial charge in [-0.3, -0.25) is 0 Å². The maximum absolute atomic E-state index is 9.85. The standard InChI is InChI=1S/C25H19NO/c1-2-27-25-14-13-19-8-5-6-10-23(19)24(25)16-22(17-26)21-12-11-18-7-3-4-9-20(18)15-21/h3-16H,2H2,1H3. The highest BCUT2D eigenvalue weighted by Crippen LogP contribution is 2.32. The summed E-state index contributed by atoms with van der Waals surface area (Å²) < 4.78 is 5.84. The van der Waals surface area contributed by atoms with Gasteiger partial charge in [-0.05, 0) is 52.2 Å². The van der Waals surface area contributed by atoms with Crippen molar-refractivity contribution in [3.05, 3.63) is 90.0 Å². The molecule has 0 saturated heterocycles. The fourth-order valence-corrected chi connectivity index (χ4v) is 3.39. The molecule has 0 bridgehead atoms. The minimum Gasteiger partial charge on any atom is -0.493 e. The maximum Gasteiger partial charge on any atom is 0.127 e. The number of nitriles is 1. The summed E-state index contributed by atoms with van der Waals surface area (Å²) in [6, 6.07) is 28.9. The number of allylic oxidation sites excluding steroid dienone is 1. The first-order chi connectivity index (χ1) is 13.3. The number of rotatable bonds is 4. The van der Waals surface area contributed by atoms with E-state index in [1.54, 1.807) is 0 Å². The number of hydrogen-bond acceptors (Lipinski definition) is 2. The van der Waals surface area contributed by atoms with Crippen LogP contribution in [0, 0.1) is 11.3 Å². The van der Waals surface area contributed by atoms with Gasteiger partial charge in [-0.15, -0.1) is 0 Å². The van der Waals surface area contributed by atoms with Crippen LogP contribution in [0.3, 0.4) is 0 Å². The molecule has 0 unspecified atom stereocenters. The zero-order valence-electron chi connectivity index (χ0n) is 15.1. The Morgan fingerprint density at radius 1 is 0.889 bits per heavy atom. The van der Waals surface area contributed by atoms with E-state index in [2.05, 4.69) is 48.5 Å². The van der Waals surface area contributed by atoms with Crippen LogP contribution >= 0.6 is 0 Å². The first-order valence-electron chi connectivity index (χ1n) is 9.05. The smallest absolute Gasteiger partial charge is 0.127 e. The lowest BCUT2D eigenvalue weighted by molar-refractivity contribution is 0.340. The molecule has 0 N–H and O–H groups in total. The van der Waals surface area contributed by atoms with Gasteiger partial charge in [-0.25, -0.2) is 0 Å². The van der Waals surface area contributed by atoms with E-state index in [-0.39, 0.29) is 0 Å². The molecule has 0 heterocycles. The zero-order valence-corrected chi connectivity index (χ0v) is 15.1. The van der Waals surface area contributed by atoms with Crippen LogP contribution in [0.15, 0.2) is 78.9 Å². The normalized spacial score (nSPS) is 11.5. The molecule has 0 aromatic heterocycles. The van der Waals surface area contributed by atoms with Crippen LogP contribution in [0.2, 0.25) is 0 Å². The second kappa shape index (κ2) is 7.35. The van der Waals surface area contributed by atoms with E-state index in [9.17, 15) is 5.26 Å². The Morgan fingerprint density at radius 3 is 2.37 bits per heavy atom. The lowest BCUT2D eigenvalue weighted by Gasteiger charge is -2.11. The third-order valence-electron chi connectivity index (χ3n) is 4.70. The molecule has 0 aliphatic rings. The maximum atomic E-state index is 9.85. The molecule has 0 saturated carbocycles. The van der Waals surface area contributed by atoms with Gasteiger partial charge < -0.3 is 4.74 Å². The third-order valence-corrected chi connectivity index (χ3v) is 4.70. The largest absolute Gasteiger partial charge is 0.493 e. The zero-order chi connectivity index (χ0) is 18.6. The van der Waals surface area contributed by atoms with E-state index < -0.39 is 0 Å². The number of hydrogen-bond donors (Lipinski definition) is 0. The number of ether oxygens (including phenoxy) is 1. The molecule has 0 aliphatic carbocycles. The number of benzene rings is 4. The molecule has 130 valence electrons. The molecule has 0 amide bonds. The van der Waals surface area contributed by atoms with E-state index in [0.29, 0.717) is 12.2 Å². The molecule has 2 heteroatoms. The van der Waals surface area contributed by atoms with Crippen molar-refractivity contribution in [2.45, 2.75) is 6.92 Å². The van der Waals surface area contributed by atoms with E-state index in [1.807, 2.05) is 49.4 Å². The summed E-state index contributed by atoms with van der Waals surface area (Å²) in [5.41, 5.74) is 2.48. The minimum atomic E-state index is 0.580. The molecular formula is C25H19NO. The lowest BCUT2D eigenvalue weighted by atomic mass is 9.97. The van der Waals surface area contributed by atoms with Crippen LogP contribution in [-0.4, -0.2) is 6.61 Å². The van der Waals surface area contributed by atoms with Crippen molar-refractivity contribution < 1.29 is 4.74 Å². The highest BCUT2D eigenvalue weighted by atomic mass is 16.5. The van der Waals surface area contributed by atoms with Crippen LogP contribution in [0.25, 0.3) is 33.2 Å². The van der Waals surface area contributed by atoms with Gasteiger partial charge in [0.25, 0.3) is 0 Å². The molecule has 4 rings (SSSR count). The van der Waals surface area contributed by atoms with Crippen LogP contribution in [-0.2, 0) is 0 Å². The highest BCUT2D eigenvalue weighted by Gasteiger charge is 2.10. The van der Waals surface area contributed by atoms with Crippen LogP contribution in [0.1, 0.15) is 18.1 Å². The molecular weight excluding hydrogens is 330 g/mol. The monoisotopic (exact) mass is 349 g/mol. The molecule has 0 atom stereocenters. The summed E-state index contributed by atoms with van der Waals surface area (Å²) in [5.74, 6) is 0.796. The first-order valence-corrected chi connectivity index (χ1v) is 9.05. The van der Waals surface area contributed by atoms with Crippen molar-refractivity contribution in [3.63, 3.8) is 0 Å². The lowest BCUT2D eigenvalue weighted by Crippen LogP contribution is -1.95. The summed E-state index contributed by atoms with van der Waals surface area (Å²) in [5, 5.41) is 14.3. The Morgan fingerprint density at radius 2 is 1.59 bits per heavy atom. The minimum absolute atomic E-state index is 0.580. The Hall–Kier alpha value is -3.57. The van der Waals surface area contributed by atoms with E-state index >= 15 is 0 Å². The summed E-state index contributed by atoms with van der Waals surface area (Å²) in [6.07, 6.45) is 1.94. The average molecular weight is 349 g/mol. The molecule has 0 radical (unpaired) electrons. The predicted octanol–water partition coefficient (Wildman–Crippen LogP) is 6.46. The third kappa shape index (κ3) is 3.28. The second-order valence-electron chi connectivity index (χ2n) is 6.36. The summed E-state index contributed by atoms with van der Waals surface area (Å²) in [7, 11) is 0. The predicted molar refractivity (Wildman–Crippen MR) is 113 cm³/mol. The van der Waals surface area contributed by atoms with E-state index in [4.69, 9.17) is 4.74 Å². The van der Waals surface area contributed by atoms with Crippen molar-refractivity contribution in [2.24, 2.45) is 0 Å². The van der Waals surface area contributed by atoms with Crippen LogP contribution in [0.4, 0.5) is 0 Å². The van der Waals surface area contributed by atoms with Crippen molar-refractivity contribution >= 4 is 33.2 Å². The van der Waals surface area contributed by atoms with Crippen LogP contribution in [0.5, 0.6) is 5.75 Å². The van der Waals surface area contributed by atoms with Crippen molar-refractivity contribution in [1.29, 1.82) is 5.26 Å². The Kier molecular flexibility index (Phi) is 4.60. The van der Waals surface area contributed by atoms with Gasteiger partial charge >= 0.3 is 0 Å². The molecule has 27 heavy (non-hydrogen) atoms. The van der Waals surface area contributed by atoms with Gasteiger partial charge in [-0.1, -0.05) is 66.7 Å². The summed E-state index contributed by atoms with van der Waals surface area (Å²) in [4.78, 5) is 0. The van der Waals surface area contributed by atoms with Gasteiger partial charge in [-0.2, -0.15) is 5.26 Å². The van der Waals surface area contributed by atoms with Gasteiger partial charge in [0.05, 0.1) is 18.2 Å². The van der Waals surface area contributed by atoms with E-state index in [1.165, 1.54) is 5.39 Å². The molecule has 4 aromatic rings. The van der Waals surface area contributed by atoms with Crippen molar-refractivity contribution in [2.75, 3.05) is 6.61 Å².